The lowest BCUT2D eigenvalue weighted by Gasteiger charge is -2.24. The van der Waals surface area contributed by atoms with E-state index < -0.39 is 0 Å². The first-order valence-electron chi connectivity index (χ1n) is 11.5. The second-order valence-electron chi connectivity index (χ2n) is 8.77. The second-order valence-corrected chi connectivity index (χ2v) is 9.55. The number of methoxy groups -OCH3 is 2. The maximum absolute atomic E-state index is 13.4. The molecule has 2 aromatic carbocycles. The van der Waals surface area contributed by atoms with Crippen LogP contribution in [0.15, 0.2) is 59.3 Å². The Morgan fingerprint density at radius 1 is 1.12 bits per heavy atom. The fourth-order valence-electron chi connectivity index (χ4n) is 4.40. The Balaban J connectivity index is 1.62. The van der Waals surface area contributed by atoms with Gasteiger partial charge in [0.25, 0.3) is 0 Å². The van der Waals surface area contributed by atoms with E-state index in [9.17, 15) is 4.79 Å². The summed E-state index contributed by atoms with van der Waals surface area (Å²) in [6, 6.07) is 16.5. The first-order valence-corrected chi connectivity index (χ1v) is 12.4. The number of carbonyl (C=O) groups is 1. The van der Waals surface area contributed by atoms with E-state index in [1.165, 1.54) is 0 Å². The van der Waals surface area contributed by atoms with Crippen LogP contribution in [0.25, 0.3) is 22.2 Å². The van der Waals surface area contributed by atoms with E-state index in [0.29, 0.717) is 19.0 Å². The van der Waals surface area contributed by atoms with Crippen molar-refractivity contribution < 1.29 is 14.3 Å². The van der Waals surface area contributed by atoms with Crippen molar-refractivity contribution in [3.63, 3.8) is 0 Å². The topological polar surface area (TPSA) is 51.7 Å². The van der Waals surface area contributed by atoms with Gasteiger partial charge in [0.05, 0.1) is 31.9 Å². The van der Waals surface area contributed by atoms with Gasteiger partial charge in [0, 0.05) is 23.5 Å². The van der Waals surface area contributed by atoms with Gasteiger partial charge in [0.15, 0.2) is 0 Å². The fourth-order valence-corrected chi connectivity index (χ4v) is 5.07. The lowest BCUT2D eigenvalue weighted by Crippen LogP contribution is -2.34. The number of hydrogen-bond donors (Lipinski definition) is 0. The fraction of sp³-hybridized carbons (Fsp3) is 0.286. The molecule has 1 aliphatic rings. The van der Waals surface area contributed by atoms with Gasteiger partial charge in [-0.1, -0.05) is 18.2 Å². The summed E-state index contributed by atoms with van der Waals surface area (Å²) in [6.45, 7) is 2.59. The van der Waals surface area contributed by atoms with Crippen molar-refractivity contribution in [1.82, 2.24) is 9.88 Å². The van der Waals surface area contributed by atoms with Crippen molar-refractivity contribution in [3.05, 3.63) is 76.0 Å². The Morgan fingerprint density at radius 2 is 1.97 bits per heavy atom. The first-order chi connectivity index (χ1) is 16.6. The molecule has 2 aromatic heterocycles. The number of benzene rings is 2. The number of carbonyl (C=O) groups excluding carboxylic acids is 1. The van der Waals surface area contributed by atoms with Gasteiger partial charge in [-0.05, 0) is 77.5 Å². The van der Waals surface area contributed by atoms with Crippen LogP contribution in [-0.2, 0) is 17.8 Å². The molecule has 2 heterocycles. The quantitative estimate of drug-likeness (QED) is 0.315. The third kappa shape index (κ3) is 4.50. The van der Waals surface area contributed by atoms with E-state index >= 15 is 0 Å². The van der Waals surface area contributed by atoms with Crippen LogP contribution in [0.2, 0.25) is 0 Å². The zero-order valence-electron chi connectivity index (χ0n) is 19.7. The molecule has 34 heavy (non-hydrogen) atoms. The third-order valence-electron chi connectivity index (χ3n) is 6.37. The van der Waals surface area contributed by atoms with Gasteiger partial charge >= 0.3 is 0 Å². The maximum atomic E-state index is 13.4. The summed E-state index contributed by atoms with van der Waals surface area (Å²) < 4.78 is 11.2. The summed E-state index contributed by atoms with van der Waals surface area (Å²) in [5, 5.41) is 5.14. The number of pyridine rings is 1. The van der Waals surface area contributed by atoms with Crippen molar-refractivity contribution in [3.8, 4) is 22.8 Å². The average molecular weight is 473 g/mol. The number of amides is 1. The van der Waals surface area contributed by atoms with Crippen LogP contribution in [0.1, 0.15) is 29.5 Å². The monoisotopic (exact) mass is 472 g/mol. The SMILES string of the molecule is COc1ccc(OC)c(-c2nc3c(C)cccc3cc2CN(C(=O)Cc2ccsc2)C2CC2)c1. The molecule has 6 heteroatoms. The van der Waals surface area contributed by atoms with Gasteiger partial charge in [-0.25, -0.2) is 4.98 Å². The van der Waals surface area contributed by atoms with E-state index in [4.69, 9.17) is 14.5 Å². The third-order valence-corrected chi connectivity index (χ3v) is 7.10. The molecular formula is C28H28N2O3S. The van der Waals surface area contributed by atoms with Crippen LogP contribution in [0.3, 0.4) is 0 Å². The molecule has 0 bridgehead atoms. The summed E-state index contributed by atoms with van der Waals surface area (Å²) in [5.74, 6) is 1.62. The highest BCUT2D eigenvalue weighted by Crippen LogP contribution is 2.38. The maximum Gasteiger partial charge on any atom is 0.227 e. The van der Waals surface area contributed by atoms with Crippen molar-refractivity contribution in [1.29, 1.82) is 0 Å². The molecule has 1 fully saturated rings. The molecule has 1 amide bonds. The summed E-state index contributed by atoms with van der Waals surface area (Å²) >= 11 is 1.62. The second kappa shape index (κ2) is 9.47. The number of ether oxygens (including phenoxy) is 2. The largest absolute Gasteiger partial charge is 0.497 e. The molecule has 5 rings (SSSR count). The Hall–Kier alpha value is -3.38. The van der Waals surface area contributed by atoms with Gasteiger partial charge < -0.3 is 14.4 Å². The average Bonchev–Trinajstić information content (AvgIpc) is 3.57. The van der Waals surface area contributed by atoms with Crippen LogP contribution >= 0.6 is 11.3 Å². The van der Waals surface area contributed by atoms with Crippen LogP contribution in [0.4, 0.5) is 0 Å². The summed E-state index contributed by atoms with van der Waals surface area (Å²) in [5.41, 5.74) is 5.83. The van der Waals surface area contributed by atoms with E-state index in [1.807, 2.05) is 34.5 Å². The van der Waals surface area contributed by atoms with Gasteiger partial charge in [0.1, 0.15) is 11.5 Å². The van der Waals surface area contributed by atoms with E-state index in [0.717, 1.165) is 63.2 Å². The lowest BCUT2D eigenvalue weighted by molar-refractivity contribution is -0.131. The highest BCUT2D eigenvalue weighted by atomic mass is 32.1. The predicted octanol–water partition coefficient (Wildman–Crippen LogP) is 6.02. The molecule has 4 aromatic rings. The standard InChI is InChI=1S/C28H28N2O3S/c1-18-5-4-6-20-14-21(16-30(22-7-8-22)26(31)13-19-11-12-34-17-19)28(29-27(18)20)24-15-23(32-2)9-10-25(24)33-3/h4-6,9-12,14-15,17,22H,7-8,13,16H2,1-3H3. The van der Waals surface area contributed by atoms with Crippen molar-refractivity contribution in [2.45, 2.75) is 38.8 Å². The molecule has 0 aliphatic heterocycles. The number of fused-ring (bicyclic) bond motifs is 1. The Kier molecular flexibility index (Phi) is 6.24. The number of rotatable bonds is 8. The zero-order valence-corrected chi connectivity index (χ0v) is 20.5. The molecule has 0 atom stereocenters. The minimum absolute atomic E-state index is 0.161. The highest BCUT2D eigenvalue weighted by molar-refractivity contribution is 7.08. The van der Waals surface area contributed by atoms with Gasteiger partial charge in [0.2, 0.25) is 5.91 Å². The number of hydrogen-bond acceptors (Lipinski definition) is 5. The molecule has 1 aliphatic carbocycles. The number of thiophene rings is 1. The molecule has 0 saturated heterocycles. The minimum Gasteiger partial charge on any atom is -0.497 e. The number of aryl methyl sites for hydroxylation is 1. The Bertz CT molecular complexity index is 1330. The zero-order chi connectivity index (χ0) is 23.7. The molecule has 174 valence electrons. The molecule has 0 radical (unpaired) electrons. The van der Waals surface area contributed by atoms with E-state index in [1.54, 1.807) is 25.6 Å². The van der Waals surface area contributed by atoms with Crippen LogP contribution in [0.5, 0.6) is 11.5 Å². The Morgan fingerprint density at radius 3 is 2.68 bits per heavy atom. The van der Waals surface area contributed by atoms with Crippen LogP contribution in [-0.4, -0.2) is 36.1 Å². The van der Waals surface area contributed by atoms with Gasteiger partial charge in [-0.15, -0.1) is 0 Å². The van der Waals surface area contributed by atoms with Crippen LogP contribution in [0, 0.1) is 6.92 Å². The lowest BCUT2D eigenvalue weighted by atomic mass is 10.00. The molecular weight excluding hydrogens is 444 g/mol. The molecule has 0 spiro atoms. The molecule has 1 saturated carbocycles. The minimum atomic E-state index is 0.161. The number of para-hydroxylation sites is 1. The van der Waals surface area contributed by atoms with E-state index in [2.05, 4.69) is 36.6 Å². The van der Waals surface area contributed by atoms with Crippen molar-refractivity contribution >= 4 is 28.1 Å². The van der Waals surface area contributed by atoms with Gasteiger partial charge in [-0.2, -0.15) is 11.3 Å². The Labute approximate surface area is 204 Å². The molecule has 5 nitrogen and oxygen atoms in total. The summed E-state index contributed by atoms with van der Waals surface area (Å²) in [7, 11) is 3.32. The van der Waals surface area contributed by atoms with Gasteiger partial charge in [-0.3, -0.25) is 4.79 Å². The van der Waals surface area contributed by atoms with Crippen molar-refractivity contribution in [2.75, 3.05) is 14.2 Å². The number of nitrogens with zero attached hydrogens (tertiary/aromatic N) is 2. The predicted molar refractivity (Wildman–Crippen MR) is 137 cm³/mol. The molecule has 0 unspecified atom stereocenters. The number of aromatic nitrogens is 1. The first kappa shape index (κ1) is 22.4. The van der Waals surface area contributed by atoms with E-state index in [-0.39, 0.29) is 5.91 Å². The molecule has 0 N–H and O–H groups in total. The summed E-state index contributed by atoms with van der Waals surface area (Å²) in [4.78, 5) is 20.5. The summed E-state index contributed by atoms with van der Waals surface area (Å²) in [6.07, 6.45) is 2.53. The highest BCUT2D eigenvalue weighted by Gasteiger charge is 2.33. The van der Waals surface area contributed by atoms with Crippen molar-refractivity contribution in [2.24, 2.45) is 0 Å². The van der Waals surface area contributed by atoms with Crippen LogP contribution < -0.4 is 9.47 Å². The normalized spacial score (nSPS) is 13.1. The smallest absolute Gasteiger partial charge is 0.227 e.